The Morgan fingerprint density at radius 2 is 2.05 bits per heavy atom. The second-order valence-electron chi connectivity index (χ2n) is 4.46. The average molecular weight is 277 g/mol. The van der Waals surface area contributed by atoms with Crippen LogP contribution in [0.15, 0.2) is 18.2 Å². The number of carbonyl (C=O) groups is 3. The van der Waals surface area contributed by atoms with Crippen LogP contribution in [0.1, 0.15) is 16.8 Å². The van der Waals surface area contributed by atoms with Crippen molar-refractivity contribution in [2.24, 2.45) is 5.73 Å². The molecule has 2 rings (SSSR count). The number of anilines is 2. The summed E-state index contributed by atoms with van der Waals surface area (Å²) in [5.74, 6) is -1.58. The second kappa shape index (κ2) is 5.30. The number of carbonyl (C=O) groups excluding carboxylic acids is 2. The molecule has 0 spiro atoms. The maximum Gasteiger partial charge on any atom is 0.335 e. The van der Waals surface area contributed by atoms with Crippen LogP contribution in [-0.4, -0.2) is 43.0 Å². The Hall–Kier alpha value is -2.41. The minimum atomic E-state index is -1.09. The minimum Gasteiger partial charge on any atom is -0.478 e. The molecule has 1 aromatic rings. The Bertz CT molecular complexity index is 585. The monoisotopic (exact) mass is 277 g/mol. The third kappa shape index (κ3) is 2.35. The topological polar surface area (TPSA) is 104 Å². The molecule has 7 heteroatoms. The van der Waals surface area contributed by atoms with Gasteiger partial charge in [0.25, 0.3) is 0 Å². The molecular weight excluding hydrogens is 262 g/mol. The summed E-state index contributed by atoms with van der Waals surface area (Å²) in [5, 5.41) is 9.05. The van der Waals surface area contributed by atoms with Gasteiger partial charge >= 0.3 is 5.97 Å². The number of carboxylic acid groups (broad SMARTS) is 1. The molecule has 1 aromatic carbocycles. The summed E-state index contributed by atoms with van der Waals surface area (Å²) in [7, 11) is 1.60. The lowest BCUT2D eigenvalue weighted by atomic mass is 10.1. The Kier molecular flexibility index (Phi) is 3.71. The van der Waals surface area contributed by atoms with Crippen LogP contribution in [-0.2, 0) is 9.59 Å². The standard InChI is InChI=1S/C13H15N3O4/c1-15-9-3-2-8(13(19)20)6-10(9)16(12(18)7-14)5-4-11(15)17/h2-3,6H,4-5,7,14H2,1H3,(H,19,20). The van der Waals surface area contributed by atoms with Gasteiger partial charge in [0.05, 0.1) is 23.5 Å². The fourth-order valence-corrected chi connectivity index (χ4v) is 2.16. The first-order valence-corrected chi connectivity index (χ1v) is 6.10. The molecule has 0 radical (unpaired) electrons. The zero-order valence-electron chi connectivity index (χ0n) is 11.0. The van der Waals surface area contributed by atoms with E-state index in [-0.39, 0.29) is 36.9 Å². The number of nitrogens with zero attached hydrogens (tertiary/aromatic N) is 2. The largest absolute Gasteiger partial charge is 0.478 e. The third-order valence-electron chi connectivity index (χ3n) is 3.27. The number of rotatable bonds is 2. The van der Waals surface area contributed by atoms with Gasteiger partial charge in [0, 0.05) is 20.0 Å². The van der Waals surface area contributed by atoms with Gasteiger partial charge in [0.15, 0.2) is 0 Å². The van der Waals surface area contributed by atoms with E-state index in [1.807, 2.05) is 0 Å². The van der Waals surface area contributed by atoms with Gasteiger partial charge in [-0.05, 0) is 18.2 Å². The number of benzene rings is 1. The smallest absolute Gasteiger partial charge is 0.335 e. The summed E-state index contributed by atoms with van der Waals surface area (Å²) in [6.07, 6.45) is 0.166. The van der Waals surface area contributed by atoms with Crippen molar-refractivity contribution in [2.75, 3.05) is 29.9 Å². The molecular formula is C13H15N3O4. The first-order chi connectivity index (χ1) is 9.45. The number of hydrogen-bond acceptors (Lipinski definition) is 4. The highest BCUT2D eigenvalue weighted by atomic mass is 16.4. The summed E-state index contributed by atoms with van der Waals surface area (Å²) >= 11 is 0. The van der Waals surface area contributed by atoms with Gasteiger partial charge < -0.3 is 20.6 Å². The third-order valence-corrected chi connectivity index (χ3v) is 3.27. The van der Waals surface area contributed by atoms with Crippen molar-refractivity contribution >= 4 is 29.2 Å². The number of nitrogens with two attached hydrogens (primary N) is 1. The fourth-order valence-electron chi connectivity index (χ4n) is 2.16. The first-order valence-electron chi connectivity index (χ1n) is 6.10. The van der Waals surface area contributed by atoms with Crippen molar-refractivity contribution in [3.8, 4) is 0 Å². The Morgan fingerprint density at radius 3 is 2.65 bits per heavy atom. The highest BCUT2D eigenvalue weighted by molar-refractivity contribution is 6.06. The van der Waals surface area contributed by atoms with E-state index in [0.717, 1.165) is 0 Å². The van der Waals surface area contributed by atoms with Gasteiger partial charge in [-0.15, -0.1) is 0 Å². The van der Waals surface area contributed by atoms with Gasteiger partial charge in [-0.1, -0.05) is 0 Å². The SMILES string of the molecule is CN1C(=O)CCN(C(=O)CN)c2cc(C(=O)O)ccc21. The summed E-state index contributed by atoms with van der Waals surface area (Å²) in [6, 6.07) is 4.32. The number of amides is 2. The highest BCUT2D eigenvalue weighted by Crippen LogP contribution is 2.33. The van der Waals surface area contributed by atoms with Crippen LogP contribution in [0.25, 0.3) is 0 Å². The Morgan fingerprint density at radius 1 is 1.35 bits per heavy atom. The van der Waals surface area contributed by atoms with E-state index in [2.05, 4.69) is 0 Å². The van der Waals surface area contributed by atoms with Gasteiger partial charge in [-0.3, -0.25) is 9.59 Å². The molecule has 20 heavy (non-hydrogen) atoms. The van der Waals surface area contributed by atoms with Crippen LogP contribution in [0.3, 0.4) is 0 Å². The molecule has 0 aliphatic carbocycles. The lowest BCUT2D eigenvalue weighted by Gasteiger charge is -2.23. The summed E-state index contributed by atoms with van der Waals surface area (Å²) in [6.45, 7) is -0.01000. The lowest BCUT2D eigenvalue weighted by molar-refractivity contribution is -0.118. The Labute approximate surface area is 115 Å². The van der Waals surface area contributed by atoms with E-state index >= 15 is 0 Å². The van der Waals surface area contributed by atoms with Crippen LogP contribution in [0, 0.1) is 0 Å². The Balaban J connectivity index is 2.59. The van der Waals surface area contributed by atoms with Crippen molar-refractivity contribution in [1.29, 1.82) is 0 Å². The molecule has 0 fully saturated rings. The van der Waals surface area contributed by atoms with E-state index < -0.39 is 5.97 Å². The molecule has 0 bridgehead atoms. The van der Waals surface area contributed by atoms with Crippen molar-refractivity contribution < 1.29 is 19.5 Å². The van der Waals surface area contributed by atoms with Crippen molar-refractivity contribution in [3.63, 3.8) is 0 Å². The van der Waals surface area contributed by atoms with Gasteiger partial charge in [0.1, 0.15) is 0 Å². The van der Waals surface area contributed by atoms with Crippen LogP contribution in [0.2, 0.25) is 0 Å². The molecule has 0 aromatic heterocycles. The molecule has 0 atom stereocenters. The predicted octanol–water partition coefficient (Wildman–Crippen LogP) is 0.0430. The number of aromatic carboxylic acids is 1. The van der Waals surface area contributed by atoms with Crippen molar-refractivity contribution in [2.45, 2.75) is 6.42 Å². The molecule has 1 heterocycles. The molecule has 0 saturated carbocycles. The highest BCUT2D eigenvalue weighted by Gasteiger charge is 2.27. The second-order valence-corrected chi connectivity index (χ2v) is 4.46. The lowest BCUT2D eigenvalue weighted by Crippen LogP contribution is -2.36. The van der Waals surface area contributed by atoms with Crippen LogP contribution < -0.4 is 15.5 Å². The molecule has 106 valence electrons. The van der Waals surface area contributed by atoms with Crippen molar-refractivity contribution in [3.05, 3.63) is 23.8 Å². The van der Waals surface area contributed by atoms with E-state index in [9.17, 15) is 14.4 Å². The van der Waals surface area contributed by atoms with Gasteiger partial charge in [-0.25, -0.2) is 4.79 Å². The molecule has 7 nitrogen and oxygen atoms in total. The zero-order valence-corrected chi connectivity index (χ0v) is 11.0. The maximum atomic E-state index is 11.9. The van der Waals surface area contributed by atoms with Crippen molar-refractivity contribution in [1.82, 2.24) is 0 Å². The zero-order chi connectivity index (χ0) is 14.9. The molecule has 0 saturated heterocycles. The maximum absolute atomic E-state index is 11.9. The van der Waals surface area contributed by atoms with E-state index in [4.69, 9.17) is 10.8 Å². The molecule has 2 amide bonds. The van der Waals surface area contributed by atoms with Crippen LogP contribution >= 0.6 is 0 Å². The predicted molar refractivity (Wildman–Crippen MR) is 72.8 cm³/mol. The quantitative estimate of drug-likeness (QED) is 0.794. The van der Waals surface area contributed by atoms with Crippen LogP contribution in [0.5, 0.6) is 0 Å². The molecule has 1 aliphatic rings. The molecule has 0 unspecified atom stereocenters. The molecule has 1 aliphatic heterocycles. The summed E-state index contributed by atoms with van der Waals surface area (Å²) in [5.41, 5.74) is 6.33. The minimum absolute atomic E-state index is 0.0568. The average Bonchev–Trinajstić information content (AvgIpc) is 2.56. The number of hydrogen-bond donors (Lipinski definition) is 2. The summed E-state index contributed by atoms with van der Waals surface area (Å²) in [4.78, 5) is 37.6. The normalized spacial score (nSPS) is 14.8. The van der Waals surface area contributed by atoms with Gasteiger partial charge in [-0.2, -0.15) is 0 Å². The number of carboxylic acids is 1. The number of fused-ring (bicyclic) bond motifs is 1. The van der Waals surface area contributed by atoms with E-state index in [1.54, 1.807) is 7.05 Å². The first kappa shape index (κ1) is 14.0. The molecule has 3 N–H and O–H groups in total. The van der Waals surface area contributed by atoms with E-state index in [1.165, 1.54) is 28.0 Å². The fraction of sp³-hybridized carbons (Fsp3) is 0.308. The summed E-state index contributed by atoms with van der Waals surface area (Å²) < 4.78 is 0. The van der Waals surface area contributed by atoms with Crippen LogP contribution in [0.4, 0.5) is 11.4 Å². The van der Waals surface area contributed by atoms with E-state index in [0.29, 0.717) is 11.4 Å². The van der Waals surface area contributed by atoms with Gasteiger partial charge in [0.2, 0.25) is 11.8 Å².